The van der Waals surface area contributed by atoms with E-state index in [0.29, 0.717) is 10.2 Å². The number of anilines is 1. The van der Waals surface area contributed by atoms with Crippen LogP contribution in [0, 0.1) is 16.1 Å². The summed E-state index contributed by atoms with van der Waals surface area (Å²) in [5, 5.41) is 8.53. The highest BCUT2D eigenvalue weighted by atomic mass is 79.9. The Labute approximate surface area is 76.2 Å². The van der Waals surface area contributed by atoms with E-state index in [2.05, 4.69) is 25.9 Å². The molecule has 0 aliphatic carbocycles. The fourth-order valence-electron chi connectivity index (χ4n) is 0.553. The van der Waals surface area contributed by atoms with Gasteiger partial charge in [-0.05, 0) is 28.1 Å². The molecule has 0 aliphatic rings. The van der Waals surface area contributed by atoms with Gasteiger partial charge in [-0.15, -0.1) is 0 Å². The zero-order chi connectivity index (χ0) is 8.43. The number of halogens is 1. The van der Waals surface area contributed by atoms with Gasteiger partial charge >= 0.3 is 0 Å². The van der Waals surface area contributed by atoms with Gasteiger partial charge in [0.15, 0.2) is 4.77 Å². The van der Waals surface area contributed by atoms with Crippen LogP contribution < -0.4 is 5.73 Å². The van der Waals surface area contributed by atoms with Gasteiger partial charge in [0.2, 0.25) is 0 Å². The molecule has 1 rings (SSSR count). The Morgan fingerprint density at radius 1 is 1.73 bits per heavy atom. The number of aromatic nitrogens is 2. The molecule has 1 aromatic heterocycles. The van der Waals surface area contributed by atoms with Crippen LogP contribution in [0.2, 0.25) is 0 Å². The van der Waals surface area contributed by atoms with E-state index in [0.717, 1.165) is 0 Å². The molecule has 6 heteroatoms. The highest BCUT2D eigenvalue weighted by Crippen LogP contribution is 2.18. The molecular formula is C5H3BrN4S. The van der Waals surface area contributed by atoms with E-state index in [9.17, 15) is 0 Å². The van der Waals surface area contributed by atoms with Crippen molar-refractivity contribution in [3.8, 4) is 6.07 Å². The number of nitrogens with one attached hydrogen (secondary N) is 1. The number of H-pyrrole nitrogens is 1. The fourth-order valence-corrected chi connectivity index (χ4v) is 1.03. The standard InChI is InChI=1S/C5H3BrN4S/c6-3-2(1-7)9-5(11)10-4(3)8/h(H3,8,9,10,11). The normalized spacial score (nSPS) is 9.09. The zero-order valence-electron chi connectivity index (χ0n) is 5.26. The monoisotopic (exact) mass is 230 g/mol. The van der Waals surface area contributed by atoms with E-state index in [1.54, 1.807) is 0 Å². The summed E-state index contributed by atoms with van der Waals surface area (Å²) in [7, 11) is 0. The first-order valence-electron chi connectivity index (χ1n) is 2.60. The van der Waals surface area contributed by atoms with Crippen LogP contribution in [-0.2, 0) is 0 Å². The van der Waals surface area contributed by atoms with E-state index >= 15 is 0 Å². The third kappa shape index (κ3) is 1.56. The summed E-state index contributed by atoms with van der Waals surface area (Å²) >= 11 is 7.78. The first kappa shape index (κ1) is 8.17. The minimum atomic E-state index is 0.210. The quantitative estimate of drug-likeness (QED) is 0.660. The van der Waals surface area contributed by atoms with E-state index in [-0.39, 0.29) is 10.6 Å². The van der Waals surface area contributed by atoms with Crippen molar-refractivity contribution >= 4 is 34.0 Å². The van der Waals surface area contributed by atoms with Gasteiger partial charge in [0.25, 0.3) is 0 Å². The number of nitrogens with two attached hydrogens (primary N) is 1. The van der Waals surface area contributed by atoms with Crippen molar-refractivity contribution in [1.29, 1.82) is 5.26 Å². The van der Waals surface area contributed by atoms with Crippen LogP contribution in [0.1, 0.15) is 5.69 Å². The summed E-state index contributed by atoms with van der Waals surface area (Å²) in [5.74, 6) is 0.227. The molecule has 0 radical (unpaired) electrons. The van der Waals surface area contributed by atoms with Gasteiger partial charge in [0.1, 0.15) is 17.6 Å². The Balaban J connectivity index is 3.52. The molecule has 1 aromatic rings. The molecule has 0 saturated heterocycles. The topological polar surface area (TPSA) is 78.5 Å². The third-order valence-electron chi connectivity index (χ3n) is 1.01. The summed E-state index contributed by atoms with van der Waals surface area (Å²) in [6, 6.07) is 1.89. The average Bonchev–Trinajstić information content (AvgIpc) is 1.96. The SMILES string of the molecule is N#Cc1[nH]c(=S)nc(N)c1Br. The molecule has 56 valence electrons. The van der Waals surface area contributed by atoms with Crippen molar-refractivity contribution in [3.63, 3.8) is 0 Å². The van der Waals surface area contributed by atoms with Crippen molar-refractivity contribution < 1.29 is 0 Å². The summed E-state index contributed by atoms with van der Waals surface area (Å²) in [6.07, 6.45) is 0. The van der Waals surface area contributed by atoms with Gasteiger partial charge < -0.3 is 10.7 Å². The van der Waals surface area contributed by atoms with Crippen molar-refractivity contribution in [2.75, 3.05) is 5.73 Å². The molecule has 0 amide bonds. The molecule has 0 unspecified atom stereocenters. The summed E-state index contributed by atoms with van der Waals surface area (Å²) in [5.41, 5.74) is 5.70. The Morgan fingerprint density at radius 3 is 2.91 bits per heavy atom. The van der Waals surface area contributed by atoms with Crippen LogP contribution in [0.15, 0.2) is 4.47 Å². The predicted octanol–water partition coefficient (Wildman–Crippen LogP) is 1.36. The molecule has 0 spiro atoms. The smallest absolute Gasteiger partial charge is 0.199 e. The van der Waals surface area contributed by atoms with E-state index in [4.69, 9.17) is 23.2 Å². The zero-order valence-corrected chi connectivity index (χ0v) is 7.66. The Bertz CT molecular complexity index is 377. The summed E-state index contributed by atoms with van der Waals surface area (Å²) in [4.78, 5) is 6.30. The van der Waals surface area contributed by atoms with Crippen LogP contribution in [0.3, 0.4) is 0 Å². The van der Waals surface area contributed by atoms with Crippen molar-refractivity contribution in [2.24, 2.45) is 0 Å². The molecule has 0 saturated carbocycles. The minimum Gasteiger partial charge on any atom is -0.383 e. The van der Waals surface area contributed by atoms with Crippen molar-refractivity contribution in [3.05, 3.63) is 14.9 Å². The van der Waals surface area contributed by atoms with Gasteiger partial charge in [0.05, 0.1) is 4.47 Å². The van der Waals surface area contributed by atoms with Gasteiger partial charge in [-0.3, -0.25) is 0 Å². The van der Waals surface area contributed by atoms with E-state index < -0.39 is 0 Å². The lowest BCUT2D eigenvalue weighted by Crippen LogP contribution is -1.97. The highest BCUT2D eigenvalue weighted by molar-refractivity contribution is 9.10. The van der Waals surface area contributed by atoms with Gasteiger partial charge in [-0.2, -0.15) is 5.26 Å². The largest absolute Gasteiger partial charge is 0.383 e. The molecule has 0 aliphatic heterocycles. The second-order valence-corrected chi connectivity index (χ2v) is 2.91. The van der Waals surface area contributed by atoms with Crippen molar-refractivity contribution in [1.82, 2.24) is 9.97 Å². The molecule has 3 N–H and O–H groups in total. The second kappa shape index (κ2) is 2.98. The van der Waals surface area contributed by atoms with Crippen LogP contribution in [0.25, 0.3) is 0 Å². The van der Waals surface area contributed by atoms with Crippen molar-refractivity contribution in [2.45, 2.75) is 0 Å². The number of nitriles is 1. The second-order valence-electron chi connectivity index (χ2n) is 1.73. The average molecular weight is 231 g/mol. The number of rotatable bonds is 0. The Morgan fingerprint density at radius 2 is 2.36 bits per heavy atom. The lowest BCUT2D eigenvalue weighted by molar-refractivity contribution is 1.10. The van der Waals surface area contributed by atoms with E-state index in [1.807, 2.05) is 6.07 Å². The molecule has 0 fully saturated rings. The number of nitrogen functional groups attached to an aromatic ring is 1. The number of nitrogens with zero attached hydrogens (tertiary/aromatic N) is 2. The van der Waals surface area contributed by atoms with Crippen LogP contribution in [0.5, 0.6) is 0 Å². The van der Waals surface area contributed by atoms with Crippen LogP contribution in [0.4, 0.5) is 5.82 Å². The summed E-state index contributed by atoms with van der Waals surface area (Å²) < 4.78 is 0.663. The highest BCUT2D eigenvalue weighted by Gasteiger charge is 2.03. The molecule has 0 atom stereocenters. The summed E-state index contributed by atoms with van der Waals surface area (Å²) in [6.45, 7) is 0. The maximum absolute atomic E-state index is 8.53. The van der Waals surface area contributed by atoms with Gasteiger partial charge in [-0.25, -0.2) is 4.98 Å². The van der Waals surface area contributed by atoms with Crippen LogP contribution >= 0.6 is 28.1 Å². The first-order valence-corrected chi connectivity index (χ1v) is 3.80. The Kier molecular flexibility index (Phi) is 2.22. The molecule has 4 nitrogen and oxygen atoms in total. The number of aromatic amines is 1. The molecule has 0 bridgehead atoms. The third-order valence-corrected chi connectivity index (χ3v) is 2.01. The molecular weight excluding hydrogens is 228 g/mol. The fraction of sp³-hybridized carbons (Fsp3) is 0. The number of hydrogen-bond acceptors (Lipinski definition) is 4. The molecule has 0 aromatic carbocycles. The lowest BCUT2D eigenvalue weighted by atomic mass is 10.4. The molecule has 1 heterocycles. The number of hydrogen-bond donors (Lipinski definition) is 2. The lowest BCUT2D eigenvalue weighted by Gasteiger charge is -1.97. The van der Waals surface area contributed by atoms with E-state index in [1.165, 1.54) is 0 Å². The molecule has 11 heavy (non-hydrogen) atoms. The van der Waals surface area contributed by atoms with Gasteiger partial charge in [-0.1, -0.05) is 0 Å². The Hall–Kier alpha value is -0.930. The van der Waals surface area contributed by atoms with Crippen LogP contribution in [-0.4, -0.2) is 9.97 Å². The minimum absolute atomic E-state index is 0.210. The van der Waals surface area contributed by atoms with Gasteiger partial charge in [0, 0.05) is 0 Å². The predicted molar refractivity (Wildman–Crippen MR) is 46.2 cm³/mol. The maximum Gasteiger partial charge on any atom is 0.199 e. The first-order chi connectivity index (χ1) is 5.15. The maximum atomic E-state index is 8.53.